The number of rotatable bonds is 6. The quantitative estimate of drug-likeness (QED) is 0.577. The molecule has 2 fully saturated rings. The van der Waals surface area contributed by atoms with Crippen LogP contribution in [0.3, 0.4) is 0 Å². The van der Waals surface area contributed by atoms with E-state index in [-0.39, 0.29) is 17.5 Å². The van der Waals surface area contributed by atoms with Gasteiger partial charge in [-0.05, 0) is 56.2 Å². The molecule has 1 aromatic rings. The van der Waals surface area contributed by atoms with Gasteiger partial charge in [0.15, 0.2) is 9.84 Å². The standard InChI is InChI=1S/C20H28N4O5S/c1-13-8-10-20(11-9-13)18(26)24(19(27)22-20)23-17(25)12-21-14(2)15-4-6-16(7-5-15)30(3,28)29/h4-7,13-14,21H,8-12H2,1-3H3,(H,22,27)(H,23,25). The molecule has 1 aliphatic carbocycles. The van der Waals surface area contributed by atoms with Crippen LogP contribution in [0.25, 0.3) is 0 Å². The molecule has 1 saturated carbocycles. The molecule has 2 aliphatic rings. The average molecular weight is 437 g/mol. The Balaban J connectivity index is 1.54. The van der Waals surface area contributed by atoms with Gasteiger partial charge in [-0.25, -0.2) is 13.2 Å². The predicted molar refractivity (Wildman–Crippen MR) is 110 cm³/mol. The molecule has 10 heteroatoms. The minimum absolute atomic E-state index is 0.115. The number of sulfone groups is 1. The Bertz CT molecular complexity index is 936. The van der Waals surface area contributed by atoms with E-state index in [9.17, 15) is 22.8 Å². The fraction of sp³-hybridized carbons (Fsp3) is 0.550. The summed E-state index contributed by atoms with van der Waals surface area (Å²) < 4.78 is 23.1. The van der Waals surface area contributed by atoms with Crippen LogP contribution in [0.5, 0.6) is 0 Å². The van der Waals surface area contributed by atoms with Gasteiger partial charge in [0.2, 0.25) is 0 Å². The van der Waals surface area contributed by atoms with Crippen LogP contribution in [-0.2, 0) is 19.4 Å². The summed E-state index contributed by atoms with van der Waals surface area (Å²) in [6, 6.07) is 5.54. The first kappa shape index (κ1) is 22.2. The van der Waals surface area contributed by atoms with Crippen LogP contribution >= 0.6 is 0 Å². The third-order valence-electron chi connectivity index (χ3n) is 5.90. The van der Waals surface area contributed by atoms with Gasteiger partial charge in [0.1, 0.15) is 5.54 Å². The lowest BCUT2D eigenvalue weighted by molar-refractivity contribution is -0.139. The van der Waals surface area contributed by atoms with Gasteiger partial charge < -0.3 is 10.6 Å². The molecule has 3 rings (SSSR count). The van der Waals surface area contributed by atoms with Crippen molar-refractivity contribution >= 4 is 27.7 Å². The van der Waals surface area contributed by atoms with Gasteiger partial charge in [-0.2, -0.15) is 5.01 Å². The molecule has 1 saturated heterocycles. The Morgan fingerprint density at radius 3 is 2.40 bits per heavy atom. The maximum Gasteiger partial charge on any atom is 0.344 e. The molecule has 1 spiro atoms. The molecule has 9 nitrogen and oxygen atoms in total. The second-order valence-corrected chi connectivity index (χ2v) is 10.3. The number of nitrogens with one attached hydrogen (secondary N) is 3. The Hall–Kier alpha value is -2.46. The number of benzene rings is 1. The van der Waals surface area contributed by atoms with Crippen molar-refractivity contribution in [3.8, 4) is 0 Å². The van der Waals surface area contributed by atoms with Crippen molar-refractivity contribution in [3.63, 3.8) is 0 Å². The number of imide groups is 1. The van der Waals surface area contributed by atoms with Crippen molar-refractivity contribution in [3.05, 3.63) is 29.8 Å². The monoisotopic (exact) mass is 436 g/mol. The first-order valence-electron chi connectivity index (χ1n) is 10.0. The number of amides is 4. The van der Waals surface area contributed by atoms with Crippen LogP contribution in [-0.4, -0.2) is 49.6 Å². The summed E-state index contributed by atoms with van der Waals surface area (Å²) >= 11 is 0. The van der Waals surface area contributed by atoms with Crippen LogP contribution in [0.1, 0.15) is 51.1 Å². The van der Waals surface area contributed by atoms with E-state index in [1.165, 1.54) is 12.1 Å². The van der Waals surface area contributed by atoms with Gasteiger partial charge in [-0.1, -0.05) is 19.1 Å². The van der Waals surface area contributed by atoms with E-state index < -0.39 is 33.2 Å². The zero-order valence-corrected chi connectivity index (χ0v) is 18.2. The zero-order chi connectivity index (χ0) is 22.1. The highest BCUT2D eigenvalue weighted by molar-refractivity contribution is 7.90. The highest BCUT2D eigenvalue weighted by Gasteiger charge is 2.52. The van der Waals surface area contributed by atoms with Crippen molar-refractivity contribution in [2.75, 3.05) is 12.8 Å². The van der Waals surface area contributed by atoms with Crippen LogP contribution < -0.4 is 16.1 Å². The zero-order valence-electron chi connectivity index (χ0n) is 17.4. The molecule has 3 N–H and O–H groups in total. The number of hydrogen-bond donors (Lipinski definition) is 3. The molecule has 4 amide bonds. The molecule has 1 unspecified atom stereocenters. The predicted octanol–water partition coefficient (Wildman–Crippen LogP) is 1.27. The summed E-state index contributed by atoms with van der Waals surface area (Å²) in [5, 5.41) is 6.55. The summed E-state index contributed by atoms with van der Waals surface area (Å²) in [5.74, 6) is -0.405. The minimum atomic E-state index is -3.27. The highest BCUT2D eigenvalue weighted by atomic mass is 32.2. The van der Waals surface area contributed by atoms with E-state index in [2.05, 4.69) is 23.0 Å². The summed E-state index contributed by atoms with van der Waals surface area (Å²) in [6.45, 7) is 3.83. The maximum absolute atomic E-state index is 12.8. The molecule has 164 valence electrons. The van der Waals surface area contributed by atoms with E-state index >= 15 is 0 Å². The summed E-state index contributed by atoms with van der Waals surface area (Å²) in [6.07, 6.45) is 3.99. The Morgan fingerprint density at radius 1 is 1.23 bits per heavy atom. The third-order valence-corrected chi connectivity index (χ3v) is 7.03. The Kier molecular flexibility index (Phi) is 6.19. The number of hydrazine groups is 1. The molecule has 1 aliphatic heterocycles. The van der Waals surface area contributed by atoms with Gasteiger partial charge in [-0.15, -0.1) is 0 Å². The van der Waals surface area contributed by atoms with Gasteiger partial charge in [0.25, 0.3) is 11.8 Å². The van der Waals surface area contributed by atoms with Crippen LogP contribution in [0.15, 0.2) is 29.2 Å². The van der Waals surface area contributed by atoms with E-state index in [0.29, 0.717) is 18.8 Å². The smallest absolute Gasteiger partial charge is 0.322 e. The molecule has 0 radical (unpaired) electrons. The summed E-state index contributed by atoms with van der Waals surface area (Å²) in [5.41, 5.74) is 2.29. The highest BCUT2D eigenvalue weighted by Crippen LogP contribution is 2.35. The second-order valence-electron chi connectivity index (χ2n) is 8.31. The molecular formula is C20H28N4O5S. The van der Waals surface area contributed by atoms with E-state index in [1.54, 1.807) is 12.1 Å². The van der Waals surface area contributed by atoms with Crippen molar-refractivity contribution in [2.45, 2.75) is 56.0 Å². The lowest BCUT2D eigenvalue weighted by Gasteiger charge is -2.33. The number of carbonyl (C=O) groups excluding carboxylic acids is 3. The van der Waals surface area contributed by atoms with Crippen molar-refractivity contribution in [1.29, 1.82) is 0 Å². The first-order chi connectivity index (χ1) is 14.0. The maximum atomic E-state index is 12.8. The first-order valence-corrected chi connectivity index (χ1v) is 11.9. The Labute approximate surface area is 176 Å². The number of carbonyl (C=O) groups is 3. The normalized spacial score (nSPS) is 25.3. The Morgan fingerprint density at radius 2 is 1.83 bits per heavy atom. The van der Waals surface area contributed by atoms with Crippen molar-refractivity contribution in [1.82, 2.24) is 21.1 Å². The fourth-order valence-electron chi connectivity index (χ4n) is 3.85. The lowest BCUT2D eigenvalue weighted by atomic mass is 9.77. The average Bonchev–Trinajstić information content (AvgIpc) is 2.92. The number of urea groups is 1. The lowest BCUT2D eigenvalue weighted by Crippen LogP contribution is -2.52. The van der Waals surface area contributed by atoms with E-state index in [0.717, 1.165) is 29.7 Å². The van der Waals surface area contributed by atoms with E-state index in [1.807, 2.05) is 6.92 Å². The van der Waals surface area contributed by atoms with Crippen LogP contribution in [0, 0.1) is 5.92 Å². The minimum Gasteiger partial charge on any atom is -0.322 e. The molecule has 1 atom stereocenters. The van der Waals surface area contributed by atoms with Crippen molar-refractivity contribution in [2.24, 2.45) is 5.92 Å². The topological polar surface area (TPSA) is 125 Å². The molecule has 30 heavy (non-hydrogen) atoms. The number of hydrogen-bond acceptors (Lipinski definition) is 6. The summed E-state index contributed by atoms with van der Waals surface area (Å²) in [7, 11) is -3.27. The van der Waals surface area contributed by atoms with Gasteiger partial charge in [-0.3, -0.25) is 15.0 Å². The van der Waals surface area contributed by atoms with Gasteiger partial charge in [0, 0.05) is 12.3 Å². The molecule has 1 aromatic carbocycles. The summed E-state index contributed by atoms with van der Waals surface area (Å²) in [4.78, 5) is 37.6. The van der Waals surface area contributed by atoms with Crippen LogP contribution in [0.4, 0.5) is 4.79 Å². The second kappa shape index (κ2) is 8.35. The molecule has 0 bridgehead atoms. The molecule has 1 heterocycles. The van der Waals surface area contributed by atoms with Gasteiger partial charge in [0.05, 0.1) is 11.4 Å². The van der Waals surface area contributed by atoms with E-state index in [4.69, 9.17) is 0 Å². The van der Waals surface area contributed by atoms with Crippen molar-refractivity contribution < 1.29 is 22.8 Å². The third kappa shape index (κ3) is 4.65. The largest absolute Gasteiger partial charge is 0.344 e. The number of nitrogens with zero attached hydrogens (tertiary/aromatic N) is 1. The SMILES string of the molecule is CC1CCC2(CC1)NC(=O)N(NC(=O)CNC(C)c1ccc(S(C)(=O)=O)cc1)C2=O. The fourth-order valence-corrected chi connectivity index (χ4v) is 4.48. The van der Waals surface area contributed by atoms with Gasteiger partial charge >= 0.3 is 6.03 Å². The van der Waals surface area contributed by atoms with Crippen LogP contribution in [0.2, 0.25) is 0 Å². The molecule has 0 aromatic heterocycles. The molecular weight excluding hydrogens is 408 g/mol.